The summed E-state index contributed by atoms with van der Waals surface area (Å²) < 4.78 is 29.4. The van der Waals surface area contributed by atoms with Crippen molar-refractivity contribution in [3.8, 4) is 5.75 Å². The van der Waals surface area contributed by atoms with Crippen molar-refractivity contribution in [1.82, 2.24) is 14.6 Å². The number of aliphatic hydroxyl groups excluding tert-OH is 1. The maximum atomic E-state index is 13.5. The Morgan fingerprint density at radius 2 is 1.81 bits per heavy atom. The zero-order chi connectivity index (χ0) is 27.2. The predicted octanol–water partition coefficient (Wildman–Crippen LogP) is 2.65. The fourth-order valence-electron chi connectivity index (χ4n) is 3.80. The highest BCUT2D eigenvalue weighted by Gasteiger charge is 2.31. The molecule has 3 rings (SSSR count). The van der Waals surface area contributed by atoms with E-state index in [1.165, 1.54) is 23.3 Å². The zero-order valence-corrected chi connectivity index (χ0v) is 22.4. The van der Waals surface area contributed by atoms with Crippen LogP contribution in [0.25, 0.3) is 0 Å². The number of aryl methyl sites for hydroxylation is 2. The van der Waals surface area contributed by atoms with E-state index in [2.05, 4.69) is 4.98 Å². The van der Waals surface area contributed by atoms with Crippen molar-refractivity contribution in [2.45, 2.75) is 38.8 Å². The van der Waals surface area contributed by atoms with Crippen LogP contribution < -0.4 is 14.6 Å². The highest BCUT2D eigenvalue weighted by molar-refractivity contribution is 7.87. The number of thiazole rings is 1. The van der Waals surface area contributed by atoms with E-state index < -0.39 is 34.2 Å². The minimum Gasteiger partial charge on any atom is -0.497 e. The Kier molecular flexibility index (Phi) is 9.38. The lowest BCUT2D eigenvalue weighted by atomic mass is 10.1. The average molecular weight is 547 g/mol. The normalized spacial score (nSPS) is 13.0. The third kappa shape index (κ3) is 7.59. The number of carbonyl (C=O) groups is 2. The van der Waals surface area contributed by atoms with Gasteiger partial charge in [-0.2, -0.15) is 8.42 Å². The maximum Gasteiger partial charge on any atom is 0.299 e. The summed E-state index contributed by atoms with van der Waals surface area (Å²) in [6.45, 7) is 3.69. The first-order valence-corrected chi connectivity index (χ1v) is 13.8. The van der Waals surface area contributed by atoms with Gasteiger partial charge in [0, 0.05) is 11.4 Å². The summed E-state index contributed by atoms with van der Waals surface area (Å²) in [7, 11) is -2.73. The van der Waals surface area contributed by atoms with E-state index in [1.54, 1.807) is 42.8 Å². The van der Waals surface area contributed by atoms with Gasteiger partial charge in [-0.15, -0.1) is 11.3 Å². The molecular formula is C25H30N4O6S2. The molecule has 0 bridgehead atoms. The molecule has 0 aliphatic rings. The number of aliphatic hydroxyl groups is 1. The smallest absolute Gasteiger partial charge is 0.299 e. The van der Waals surface area contributed by atoms with Gasteiger partial charge >= 0.3 is 0 Å². The molecule has 2 atom stereocenters. The van der Waals surface area contributed by atoms with Crippen LogP contribution >= 0.6 is 11.3 Å². The highest BCUT2D eigenvalue weighted by Crippen LogP contribution is 2.30. The molecule has 2 amide bonds. The third-order valence-electron chi connectivity index (χ3n) is 5.74. The van der Waals surface area contributed by atoms with Crippen LogP contribution in [0.1, 0.15) is 57.0 Å². The summed E-state index contributed by atoms with van der Waals surface area (Å²) in [5, 5.41) is 16.3. The third-order valence-corrected chi connectivity index (χ3v) is 7.35. The lowest BCUT2D eigenvalue weighted by Crippen LogP contribution is -2.38. The molecule has 12 heteroatoms. The summed E-state index contributed by atoms with van der Waals surface area (Å²) in [5.74, 6) is -0.871. The molecule has 1 heterocycles. The van der Waals surface area contributed by atoms with Crippen molar-refractivity contribution < 1.29 is 27.9 Å². The monoisotopic (exact) mass is 546 g/mol. The van der Waals surface area contributed by atoms with Crippen molar-refractivity contribution in [3.63, 3.8) is 0 Å². The van der Waals surface area contributed by atoms with Gasteiger partial charge in [0.25, 0.3) is 22.0 Å². The Morgan fingerprint density at radius 1 is 1.16 bits per heavy atom. The first-order valence-electron chi connectivity index (χ1n) is 11.5. The Labute approximate surface area is 220 Å². The van der Waals surface area contributed by atoms with Gasteiger partial charge in [-0.25, -0.2) is 14.8 Å². The van der Waals surface area contributed by atoms with E-state index >= 15 is 0 Å². The molecule has 10 nitrogen and oxygen atoms in total. The van der Waals surface area contributed by atoms with Gasteiger partial charge < -0.3 is 14.7 Å². The molecule has 0 saturated carbocycles. The number of aromatic nitrogens is 1. The molecule has 4 N–H and O–H groups in total. The van der Waals surface area contributed by atoms with E-state index in [-0.39, 0.29) is 5.69 Å². The molecular weight excluding hydrogens is 516 g/mol. The lowest BCUT2D eigenvalue weighted by molar-refractivity contribution is -0.143. The van der Waals surface area contributed by atoms with E-state index in [9.17, 15) is 23.1 Å². The van der Waals surface area contributed by atoms with Gasteiger partial charge in [0.2, 0.25) is 0 Å². The van der Waals surface area contributed by atoms with Gasteiger partial charge in [-0.1, -0.05) is 42.5 Å². The number of nitrogens with two attached hydrogens (primary N) is 1. The van der Waals surface area contributed by atoms with Crippen LogP contribution in [-0.2, 0) is 21.4 Å². The first-order chi connectivity index (χ1) is 17.5. The van der Waals surface area contributed by atoms with Crippen molar-refractivity contribution in [3.05, 3.63) is 81.3 Å². The second-order valence-corrected chi connectivity index (χ2v) is 10.9. The molecule has 1 aromatic heterocycles. The largest absolute Gasteiger partial charge is 0.497 e. The maximum absolute atomic E-state index is 13.5. The van der Waals surface area contributed by atoms with Crippen LogP contribution in [0, 0.1) is 6.92 Å². The molecule has 3 aromatic rings. The first kappa shape index (κ1) is 28.3. The molecule has 0 spiro atoms. The number of nitrogens with zero attached hydrogens (tertiary/aromatic N) is 2. The second-order valence-electron chi connectivity index (χ2n) is 8.41. The van der Waals surface area contributed by atoms with Crippen LogP contribution in [0.5, 0.6) is 5.75 Å². The number of methoxy groups -OCH3 is 1. The van der Waals surface area contributed by atoms with Gasteiger partial charge in [0.1, 0.15) is 16.5 Å². The summed E-state index contributed by atoms with van der Waals surface area (Å²) in [6, 6.07) is 15.8. The predicted molar refractivity (Wildman–Crippen MR) is 140 cm³/mol. The Hall–Kier alpha value is -3.32. The SMILES string of the molecule is COc1ccc([C@@H](O)C(=O)N(CCCc2ccccc2)C(C)c2nc(C(=O)NS(N)(=O)=O)c(C)s2)cc1. The minimum atomic E-state index is -4.26. The van der Waals surface area contributed by atoms with Gasteiger partial charge in [0.15, 0.2) is 6.10 Å². The van der Waals surface area contributed by atoms with E-state index in [0.717, 1.165) is 12.0 Å². The molecule has 1 unspecified atom stereocenters. The van der Waals surface area contributed by atoms with Crippen LogP contribution in [0.4, 0.5) is 0 Å². The topological polar surface area (TPSA) is 152 Å². The number of hydrogen-bond donors (Lipinski definition) is 3. The number of hydrogen-bond acceptors (Lipinski definition) is 8. The van der Waals surface area contributed by atoms with E-state index in [4.69, 9.17) is 9.88 Å². The molecule has 0 aliphatic heterocycles. The zero-order valence-electron chi connectivity index (χ0n) is 20.7. The fraction of sp³-hybridized carbons (Fsp3) is 0.320. The van der Waals surface area contributed by atoms with Crippen molar-refractivity contribution in [2.75, 3.05) is 13.7 Å². The summed E-state index contributed by atoms with van der Waals surface area (Å²) in [6.07, 6.45) is -0.0794. The molecule has 198 valence electrons. The fourth-order valence-corrected chi connectivity index (χ4v) is 5.13. The molecule has 0 radical (unpaired) electrons. The summed E-state index contributed by atoms with van der Waals surface area (Å²) in [4.78, 5) is 32.2. The number of benzene rings is 2. The second kappa shape index (κ2) is 12.3. The average Bonchev–Trinajstić information content (AvgIpc) is 3.27. The molecule has 0 aliphatic carbocycles. The summed E-state index contributed by atoms with van der Waals surface area (Å²) >= 11 is 1.17. The summed E-state index contributed by atoms with van der Waals surface area (Å²) in [5.41, 5.74) is 1.44. The van der Waals surface area contributed by atoms with Crippen LogP contribution in [0.3, 0.4) is 0 Å². The lowest BCUT2D eigenvalue weighted by Gasteiger charge is -2.30. The molecule has 0 fully saturated rings. The van der Waals surface area contributed by atoms with Crippen molar-refractivity contribution in [2.24, 2.45) is 5.14 Å². The van der Waals surface area contributed by atoms with Gasteiger partial charge in [0.05, 0.1) is 13.2 Å². The quantitative estimate of drug-likeness (QED) is 0.334. The number of nitrogens with one attached hydrogen (secondary N) is 1. The van der Waals surface area contributed by atoms with Gasteiger partial charge in [-0.3, -0.25) is 9.59 Å². The van der Waals surface area contributed by atoms with Crippen LogP contribution in [0.2, 0.25) is 0 Å². The van der Waals surface area contributed by atoms with Crippen molar-refractivity contribution in [1.29, 1.82) is 0 Å². The van der Waals surface area contributed by atoms with E-state index in [0.29, 0.717) is 34.2 Å². The Balaban J connectivity index is 1.86. The standard InChI is InChI=1S/C25H30N4O6S2/c1-16(24-27-21(17(2)36-24)23(31)28-37(26,33)34)29(15-7-10-18-8-5-4-6-9-18)25(32)22(30)19-11-13-20(35-3)14-12-19/h4-6,8-9,11-14,16,22,30H,7,10,15H2,1-3H3,(H,28,31)(H2,26,33,34)/t16?,22-/m1/s1. The number of amides is 2. The minimum absolute atomic E-state index is 0.0896. The number of rotatable bonds is 11. The number of ether oxygens (including phenoxy) is 1. The van der Waals surface area contributed by atoms with Crippen LogP contribution in [0.15, 0.2) is 54.6 Å². The van der Waals surface area contributed by atoms with Crippen LogP contribution in [-0.4, -0.2) is 48.9 Å². The molecule has 2 aromatic carbocycles. The Bertz CT molecular complexity index is 1330. The molecule has 0 saturated heterocycles. The van der Waals surface area contributed by atoms with Crippen molar-refractivity contribution >= 4 is 33.4 Å². The molecule has 37 heavy (non-hydrogen) atoms. The van der Waals surface area contributed by atoms with Gasteiger partial charge in [-0.05, 0) is 49.9 Å². The van der Waals surface area contributed by atoms with E-state index in [1.807, 2.05) is 30.3 Å². The number of carbonyl (C=O) groups excluding carboxylic acids is 2. The Morgan fingerprint density at radius 3 is 2.41 bits per heavy atom. The highest BCUT2D eigenvalue weighted by atomic mass is 32.2.